The second kappa shape index (κ2) is 7.49. The molecule has 1 nitrogen and oxygen atoms in total. The molecule has 1 atom stereocenters. The number of rotatable bonds is 8. The van der Waals surface area contributed by atoms with Crippen LogP contribution in [0.3, 0.4) is 0 Å². The molecule has 1 heteroatoms. The standard InChI is InChI=1S/C18H27N/c1-3-5-6-10-18(19-13-4-2)17-12-11-15-8-7-9-16(15)14-17/h3,11-12,14,18-19H,1,4-10,13H2,2H3. The summed E-state index contributed by atoms with van der Waals surface area (Å²) < 4.78 is 0. The van der Waals surface area contributed by atoms with E-state index in [1.807, 2.05) is 6.08 Å². The van der Waals surface area contributed by atoms with Crippen LogP contribution in [0.5, 0.6) is 0 Å². The van der Waals surface area contributed by atoms with Gasteiger partial charge in [0.1, 0.15) is 0 Å². The third kappa shape index (κ3) is 3.94. The first-order valence-electron chi connectivity index (χ1n) is 7.81. The zero-order chi connectivity index (χ0) is 13.5. The Balaban J connectivity index is 2.05. The van der Waals surface area contributed by atoms with Crippen LogP contribution < -0.4 is 5.32 Å². The van der Waals surface area contributed by atoms with Gasteiger partial charge in [-0.2, -0.15) is 0 Å². The lowest BCUT2D eigenvalue weighted by Gasteiger charge is -2.19. The van der Waals surface area contributed by atoms with E-state index in [9.17, 15) is 0 Å². The average molecular weight is 257 g/mol. The molecule has 0 saturated carbocycles. The lowest BCUT2D eigenvalue weighted by atomic mass is 9.97. The molecule has 0 aromatic heterocycles. The summed E-state index contributed by atoms with van der Waals surface area (Å²) in [7, 11) is 0. The molecule has 2 rings (SSSR count). The first kappa shape index (κ1) is 14.3. The van der Waals surface area contributed by atoms with Crippen LogP contribution in [0.25, 0.3) is 0 Å². The minimum Gasteiger partial charge on any atom is -0.310 e. The van der Waals surface area contributed by atoms with Gasteiger partial charge in [0.05, 0.1) is 0 Å². The zero-order valence-electron chi connectivity index (χ0n) is 12.3. The molecule has 0 spiro atoms. The number of aryl methyl sites for hydroxylation is 2. The number of nitrogens with one attached hydrogen (secondary N) is 1. The first-order chi connectivity index (χ1) is 9.35. The lowest BCUT2D eigenvalue weighted by molar-refractivity contribution is 0.486. The second-order valence-electron chi connectivity index (χ2n) is 5.61. The van der Waals surface area contributed by atoms with Gasteiger partial charge < -0.3 is 5.32 Å². The Bertz CT molecular complexity index is 408. The minimum absolute atomic E-state index is 0.519. The van der Waals surface area contributed by atoms with Gasteiger partial charge in [-0.1, -0.05) is 31.2 Å². The summed E-state index contributed by atoms with van der Waals surface area (Å²) in [6.07, 6.45) is 10.7. The molecular weight excluding hydrogens is 230 g/mol. The summed E-state index contributed by atoms with van der Waals surface area (Å²) in [4.78, 5) is 0. The van der Waals surface area contributed by atoms with Gasteiger partial charge in [0, 0.05) is 6.04 Å². The highest BCUT2D eigenvalue weighted by Crippen LogP contribution is 2.27. The summed E-state index contributed by atoms with van der Waals surface area (Å²) in [5.74, 6) is 0. The summed E-state index contributed by atoms with van der Waals surface area (Å²) in [6.45, 7) is 7.16. The van der Waals surface area contributed by atoms with Crippen molar-refractivity contribution in [2.24, 2.45) is 0 Å². The first-order valence-corrected chi connectivity index (χ1v) is 7.81. The average Bonchev–Trinajstić information content (AvgIpc) is 2.90. The van der Waals surface area contributed by atoms with E-state index in [1.165, 1.54) is 44.1 Å². The number of allylic oxidation sites excluding steroid dienone is 1. The van der Waals surface area contributed by atoms with E-state index in [-0.39, 0.29) is 0 Å². The van der Waals surface area contributed by atoms with Crippen molar-refractivity contribution in [3.63, 3.8) is 0 Å². The summed E-state index contributed by atoms with van der Waals surface area (Å²) >= 11 is 0. The third-order valence-corrected chi connectivity index (χ3v) is 4.07. The van der Waals surface area contributed by atoms with Gasteiger partial charge in [0.2, 0.25) is 0 Å². The molecule has 1 aliphatic rings. The molecule has 1 unspecified atom stereocenters. The number of hydrogen-bond donors (Lipinski definition) is 1. The van der Waals surface area contributed by atoms with Crippen LogP contribution in [-0.4, -0.2) is 6.54 Å². The van der Waals surface area contributed by atoms with Crippen LogP contribution in [0.2, 0.25) is 0 Å². The predicted octanol–water partition coefficient (Wildman–Crippen LogP) is 4.57. The number of fused-ring (bicyclic) bond motifs is 1. The highest BCUT2D eigenvalue weighted by atomic mass is 14.9. The second-order valence-corrected chi connectivity index (χ2v) is 5.61. The van der Waals surface area contributed by atoms with Gasteiger partial charge in [-0.05, 0) is 68.2 Å². The smallest absolute Gasteiger partial charge is 0.0320 e. The quantitative estimate of drug-likeness (QED) is 0.531. The Hall–Kier alpha value is -1.08. The van der Waals surface area contributed by atoms with Crippen molar-refractivity contribution in [3.8, 4) is 0 Å². The normalized spacial score (nSPS) is 15.2. The molecule has 1 N–H and O–H groups in total. The van der Waals surface area contributed by atoms with Crippen molar-refractivity contribution in [1.82, 2.24) is 5.32 Å². The van der Waals surface area contributed by atoms with Crippen LogP contribution in [0.4, 0.5) is 0 Å². The fourth-order valence-electron chi connectivity index (χ4n) is 2.98. The molecule has 1 aromatic rings. The Labute approximate surface area is 118 Å². The maximum absolute atomic E-state index is 3.82. The Morgan fingerprint density at radius 3 is 2.95 bits per heavy atom. The molecular formula is C18H27N. The molecule has 0 radical (unpaired) electrons. The molecule has 0 amide bonds. The van der Waals surface area contributed by atoms with Gasteiger partial charge in [-0.15, -0.1) is 6.58 Å². The lowest BCUT2D eigenvalue weighted by Crippen LogP contribution is -2.22. The van der Waals surface area contributed by atoms with Crippen LogP contribution in [0, 0.1) is 0 Å². The number of benzene rings is 1. The molecule has 0 bridgehead atoms. The fourth-order valence-corrected chi connectivity index (χ4v) is 2.98. The molecule has 19 heavy (non-hydrogen) atoms. The van der Waals surface area contributed by atoms with E-state index < -0.39 is 0 Å². The largest absolute Gasteiger partial charge is 0.310 e. The van der Waals surface area contributed by atoms with Gasteiger partial charge in [-0.25, -0.2) is 0 Å². The highest BCUT2D eigenvalue weighted by Gasteiger charge is 2.15. The van der Waals surface area contributed by atoms with Crippen molar-refractivity contribution in [2.45, 2.75) is 57.9 Å². The zero-order valence-corrected chi connectivity index (χ0v) is 12.3. The SMILES string of the molecule is C=CCCCC(NCCC)c1ccc2c(c1)CCC2. The molecule has 0 heterocycles. The summed E-state index contributed by atoms with van der Waals surface area (Å²) in [5, 5.41) is 3.70. The van der Waals surface area contributed by atoms with Crippen molar-refractivity contribution < 1.29 is 0 Å². The fraction of sp³-hybridized carbons (Fsp3) is 0.556. The Kier molecular flexibility index (Phi) is 5.65. The predicted molar refractivity (Wildman–Crippen MR) is 83.5 cm³/mol. The van der Waals surface area contributed by atoms with Crippen molar-refractivity contribution >= 4 is 0 Å². The van der Waals surface area contributed by atoms with E-state index in [4.69, 9.17) is 0 Å². The Morgan fingerprint density at radius 1 is 1.32 bits per heavy atom. The molecule has 0 aliphatic heterocycles. The van der Waals surface area contributed by atoms with Gasteiger partial charge >= 0.3 is 0 Å². The van der Waals surface area contributed by atoms with Gasteiger partial charge in [-0.3, -0.25) is 0 Å². The highest BCUT2D eigenvalue weighted by molar-refractivity contribution is 5.36. The van der Waals surface area contributed by atoms with E-state index in [2.05, 4.69) is 37.0 Å². The van der Waals surface area contributed by atoms with E-state index in [1.54, 1.807) is 11.1 Å². The van der Waals surface area contributed by atoms with Crippen molar-refractivity contribution in [2.75, 3.05) is 6.54 Å². The number of unbranched alkanes of at least 4 members (excludes halogenated alkanes) is 1. The van der Waals surface area contributed by atoms with Gasteiger partial charge in [0.15, 0.2) is 0 Å². The summed E-state index contributed by atoms with van der Waals surface area (Å²) in [5.41, 5.74) is 4.65. The van der Waals surface area contributed by atoms with E-state index in [0.29, 0.717) is 6.04 Å². The van der Waals surface area contributed by atoms with Crippen LogP contribution >= 0.6 is 0 Å². The third-order valence-electron chi connectivity index (χ3n) is 4.07. The molecule has 1 aromatic carbocycles. The monoisotopic (exact) mass is 257 g/mol. The molecule has 1 aliphatic carbocycles. The van der Waals surface area contributed by atoms with Crippen LogP contribution in [0.1, 0.15) is 61.8 Å². The van der Waals surface area contributed by atoms with Crippen LogP contribution in [0.15, 0.2) is 30.9 Å². The van der Waals surface area contributed by atoms with Crippen molar-refractivity contribution in [3.05, 3.63) is 47.5 Å². The minimum atomic E-state index is 0.519. The maximum Gasteiger partial charge on any atom is 0.0320 e. The van der Waals surface area contributed by atoms with E-state index >= 15 is 0 Å². The van der Waals surface area contributed by atoms with Crippen molar-refractivity contribution in [1.29, 1.82) is 0 Å². The molecule has 0 fully saturated rings. The van der Waals surface area contributed by atoms with Crippen LogP contribution in [-0.2, 0) is 12.8 Å². The summed E-state index contributed by atoms with van der Waals surface area (Å²) in [6, 6.07) is 7.66. The maximum atomic E-state index is 3.82. The number of hydrogen-bond acceptors (Lipinski definition) is 1. The molecule has 104 valence electrons. The molecule has 0 saturated heterocycles. The van der Waals surface area contributed by atoms with Gasteiger partial charge in [0.25, 0.3) is 0 Å². The topological polar surface area (TPSA) is 12.0 Å². The van der Waals surface area contributed by atoms with E-state index in [0.717, 1.165) is 13.0 Å². The Morgan fingerprint density at radius 2 is 2.16 bits per heavy atom.